The van der Waals surface area contributed by atoms with E-state index in [-0.39, 0.29) is 17.1 Å². The van der Waals surface area contributed by atoms with Gasteiger partial charge in [-0.25, -0.2) is 14.6 Å². The van der Waals surface area contributed by atoms with Gasteiger partial charge >= 0.3 is 12.0 Å². The number of carbonyl (C=O) groups excluding carboxylic acids is 1. The van der Waals surface area contributed by atoms with Crippen molar-refractivity contribution in [1.29, 1.82) is 0 Å². The number of halogens is 1. The Hall–Kier alpha value is -2.61. The Balaban J connectivity index is 1.95. The first-order valence-corrected chi connectivity index (χ1v) is 5.86. The Morgan fingerprint density at radius 3 is 2.80 bits per heavy atom. The molecule has 1 aromatic carbocycles. The van der Waals surface area contributed by atoms with Crippen molar-refractivity contribution in [1.82, 2.24) is 20.5 Å². The Morgan fingerprint density at radius 2 is 2.20 bits per heavy atom. The summed E-state index contributed by atoms with van der Waals surface area (Å²) >= 11 is 5.88. The minimum absolute atomic E-state index is 0.0441. The molecule has 1 heterocycles. The summed E-state index contributed by atoms with van der Waals surface area (Å²) in [7, 11) is 0. The molecule has 0 atom stereocenters. The number of urea groups is 1. The largest absolute Gasteiger partial charge is 0.478 e. The first kappa shape index (κ1) is 13.8. The van der Waals surface area contributed by atoms with Crippen LogP contribution in [0.4, 0.5) is 10.5 Å². The predicted octanol–water partition coefficient (Wildman–Crippen LogP) is 1.48. The number of aromatic amines is 1. The van der Waals surface area contributed by atoms with E-state index in [9.17, 15) is 9.59 Å². The molecular formula is C11H10ClN5O3. The van der Waals surface area contributed by atoms with Crippen molar-refractivity contribution in [2.24, 2.45) is 0 Å². The number of amides is 2. The fourth-order valence-electron chi connectivity index (χ4n) is 1.40. The summed E-state index contributed by atoms with van der Waals surface area (Å²) in [5, 5.41) is 20.2. The molecule has 0 aliphatic heterocycles. The molecule has 0 saturated carbocycles. The van der Waals surface area contributed by atoms with Crippen molar-refractivity contribution in [3.05, 3.63) is 40.9 Å². The molecule has 0 spiro atoms. The minimum atomic E-state index is -1.09. The highest BCUT2D eigenvalue weighted by Gasteiger charge is 2.09. The maximum atomic E-state index is 11.6. The summed E-state index contributed by atoms with van der Waals surface area (Å²) < 4.78 is 0. The molecule has 20 heavy (non-hydrogen) atoms. The minimum Gasteiger partial charge on any atom is -0.478 e. The maximum absolute atomic E-state index is 11.6. The maximum Gasteiger partial charge on any atom is 0.335 e. The lowest BCUT2D eigenvalue weighted by atomic mass is 10.2. The molecular weight excluding hydrogens is 286 g/mol. The van der Waals surface area contributed by atoms with E-state index in [0.29, 0.717) is 11.5 Å². The number of nitrogens with zero attached hydrogens (tertiary/aromatic N) is 2. The monoisotopic (exact) mass is 295 g/mol. The SMILES string of the molecule is O=C(NCc1ncn[nH]1)Nc1ccc(C(=O)O)cc1Cl. The van der Waals surface area contributed by atoms with E-state index >= 15 is 0 Å². The van der Waals surface area contributed by atoms with Crippen LogP contribution < -0.4 is 10.6 Å². The second-order valence-electron chi connectivity index (χ2n) is 3.74. The first-order valence-electron chi connectivity index (χ1n) is 5.48. The number of aromatic nitrogens is 3. The van der Waals surface area contributed by atoms with Gasteiger partial charge in [-0.1, -0.05) is 11.6 Å². The average Bonchev–Trinajstić information content (AvgIpc) is 2.91. The number of rotatable bonds is 4. The van der Waals surface area contributed by atoms with Crippen molar-refractivity contribution < 1.29 is 14.7 Å². The molecule has 0 radical (unpaired) electrons. The average molecular weight is 296 g/mol. The molecule has 1 aromatic heterocycles. The molecule has 8 nitrogen and oxygen atoms in total. The summed E-state index contributed by atoms with van der Waals surface area (Å²) in [6.07, 6.45) is 1.33. The molecule has 0 saturated heterocycles. The quantitative estimate of drug-likeness (QED) is 0.681. The lowest BCUT2D eigenvalue weighted by molar-refractivity contribution is 0.0697. The van der Waals surface area contributed by atoms with E-state index in [2.05, 4.69) is 25.8 Å². The van der Waals surface area contributed by atoms with E-state index in [1.54, 1.807) is 0 Å². The van der Waals surface area contributed by atoms with Crippen molar-refractivity contribution >= 4 is 29.3 Å². The van der Waals surface area contributed by atoms with Crippen molar-refractivity contribution in [3.63, 3.8) is 0 Å². The van der Waals surface area contributed by atoms with E-state index in [4.69, 9.17) is 16.7 Å². The predicted molar refractivity (Wildman–Crippen MR) is 70.7 cm³/mol. The van der Waals surface area contributed by atoms with Gasteiger partial charge in [-0.05, 0) is 18.2 Å². The normalized spacial score (nSPS) is 10.1. The lowest BCUT2D eigenvalue weighted by Gasteiger charge is -2.08. The van der Waals surface area contributed by atoms with Gasteiger partial charge in [-0.3, -0.25) is 5.10 Å². The zero-order valence-electron chi connectivity index (χ0n) is 10.1. The third-order valence-electron chi connectivity index (χ3n) is 2.35. The molecule has 9 heteroatoms. The van der Waals surface area contributed by atoms with E-state index in [0.717, 1.165) is 0 Å². The van der Waals surface area contributed by atoms with Crippen LogP contribution in [0.1, 0.15) is 16.2 Å². The molecule has 0 bridgehead atoms. The number of H-pyrrole nitrogens is 1. The Bertz CT molecular complexity index is 629. The molecule has 0 fully saturated rings. The van der Waals surface area contributed by atoms with Crippen LogP contribution in [-0.4, -0.2) is 32.3 Å². The zero-order valence-corrected chi connectivity index (χ0v) is 10.8. The fourth-order valence-corrected chi connectivity index (χ4v) is 1.62. The van der Waals surface area contributed by atoms with Gasteiger partial charge in [0.2, 0.25) is 0 Å². The summed E-state index contributed by atoms with van der Waals surface area (Å²) in [6, 6.07) is 3.53. The summed E-state index contributed by atoms with van der Waals surface area (Å²) in [4.78, 5) is 26.2. The number of nitrogens with one attached hydrogen (secondary N) is 3. The topological polar surface area (TPSA) is 120 Å². The molecule has 2 rings (SSSR count). The highest BCUT2D eigenvalue weighted by Crippen LogP contribution is 2.22. The van der Waals surface area contributed by atoms with Crippen molar-refractivity contribution in [2.75, 3.05) is 5.32 Å². The number of aromatic carboxylic acids is 1. The van der Waals surface area contributed by atoms with E-state index < -0.39 is 12.0 Å². The van der Waals surface area contributed by atoms with Crippen molar-refractivity contribution in [2.45, 2.75) is 6.54 Å². The van der Waals surface area contributed by atoms with Gasteiger partial charge in [0.25, 0.3) is 0 Å². The highest BCUT2D eigenvalue weighted by molar-refractivity contribution is 6.34. The first-order chi connectivity index (χ1) is 9.56. The molecule has 0 aliphatic rings. The van der Waals surface area contributed by atoms with Gasteiger partial charge in [0.1, 0.15) is 12.2 Å². The van der Waals surface area contributed by atoms with Crippen LogP contribution in [0, 0.1) is 0 Å². The van der Waals surface area contributed by atoms with Gasteiger partial charge in [0.15, 0.2) is 0 Å². The van der Waals surface area contributed by atoms with Crippen molar-refractivity contribution in [3.8, 4) is 0 Å². The van der Waals surface area contributed by atoms with Crippen LogP contribution in [0.25, 0.3) is 0 Å². The number of hydrogen-bond donors (Lipinski definition) is 4. The number of anilines is 1. The third-order valence-corrected chi connectivity index (χ3v) is 2.66. The van der Waals surface area contributed by atoms with Gasteiger partial charge in [-0.2, -0.15) is 5.10 Å². The zero-order chi connectivity index (χ0) is 14.5. The molecule has 0 unspecified atom stereocenters. The fraction of sp³-hybridized carbons (Fsp3) is 0.0909. The van der Waals surface area contributed by atoms with Gasteiger partial charge in [0.05, 0.1) is 22.8 Å². The molecule has 2 aromatic rings. The van der Waals surface area contributed by atoms with Crippen LogP contribution in [0.5, 0.6) is 0 Å². The number of carboxylic acid groups (broad SMARTS) is 1. The Kier molecular flexibility index (Phi) is 4.16. The van der Waals surface area contributed by atoms with Gasteiger partial charge < -0.3 is 15.7 Å². The van der Waals surface area contributed by atoms with Gasteiger partial charge in [0, 0.05) is 0 Å². The summed E-state index contributed by atoms with van der Waals surface area (Å²) in [5.74, 6) is -0.583. The van der Waals surface area contributed by atoms with E-state index in [1.165, 1.54) is 24.5 Å². The van der Waals surface area contributed by atoms with Crippen LogP contribution in [-0.2, 0) is 6.54 Å². The molecule has 2 amide bonds. The molecule has 104 valence electrons. The smallest absolute Gasteiger partial charge is 0.335 e. The van der Waals surface area contributed by atoms with Crippen LogP contribution in [0.2, 0.25) is 5.02 Å². The highest BCUT2D eigenvalue weighted by atomic mass is 35.5. The Labute approximate surface area is 118 Å². The van der Waals surface area contributed by atoms with Crippen LogP contribution in [0.3, 0.4) is 0 Å². The molecule has 4 N–H and O–H groups in total. The summed E-state index contributed by atoms with van der Waals surface area (Å²) in [5.41, 5.74) is 0.356. The van der Waals surface area contributed by atoms with E-state index in [1.807, 2.05) is 0 Å². The number of carbonyl (C=O) groups is 2. The molecule has 0 aliphatic carbocycles. The Morgan fingerprint density at radius 1 is 1.40 bits per heavy atom. The second kappa shape index (κ2) is 6.02. The van der Waals surface area contributed by atoms with Gasteiger partial charge in [-0.15, -0.1) is 0 Å². The number of benzene rings is 1. The van der Waals surface area contributed by atoms with Crippen LogP contribution in [0.15, 0.2) is 24.5 Å². The third kappa shape index (κ3) is 3.45. The number of hydrogen-bond acceptors (Lipinski definition) is 4. The standard InChI is InChI=1S/C11H10ClN5O3/c12-7-3-6(10(18)19)1-2-8(7)16-11(20)13-4-9-14-5-15-17-9/h1-3,5H,4H2,(H,18,19)(H2,13,16,20)(H,14,15,17). The number of carboxylic acids is 1. The second-order valence-corrected chi connectivity index (χ2v) is 4.15. The van der Waals surface area contributed by atoms with Crippen LogP contribution >= 0.6 is 11.6 Å². The lowest BCUT2D eigenvalue weighted by Crippen LogP contribution is -2.28. The summed E-state index contributed by atoms with van der Waals surface area (Å²) in [6.45, 7) is 0.177.